The molecule has 0 saturated carbocycles. The van der Waals surface area contributed by atoms with Crippen LogP contribution in [-0.2, 0) is 4.79 Å². The summed E-state index contributed by atoms with van der Waals surface area (Å²) in [4.78, 5) is 12.5. The summed E-state index contributed by atoms with van der Waals surface area (Å²) in [5, 5.41) is 23.1. The third-order valence-corrected chi connectivity index (χ3v) is 11.8. The number of unbranched alkanes of at least 4 members (excludes halogenated alkanes) is 27. The molecule has 0 aliphatic heterocycles. The van der Waals surface area contributed by atoms with Gasteiger partial charge >= 0.3 is 0 Å². The monoisotopic (exact) mass is 874 g/mol. The Morgan fingerprint density at radius 2 is 0.714 bits per heavy atom. The first-order valence-corrected chi connectivity index (χ1v) is 27.0. The Bertz CT molecular complexity index is 1170. The predicted molar refractivity (Wildman–Crippen MR) is 280 cm³/mol. The fourth-order valence-corrected chi connectivity index (χ4v) is 7.73. The molecule has 0 aromatic heterocycles. The van der Waals surface area contributed by atoms with Crippen molar-refractivity contribution in [2.24, 2.45) is 0 Å². The van der Waals surface area contributed by atoms with E-state index in [4.69, 9.17) is 0 Å². The van der Waals surface area contributed by atoms with Crippen LogP contribution in [0.5, 0.6) is 0 Å². The van der Waals surface area contributed by atoms with Crippen LogP contribution in [0, 0.1) is 0 Å². The van der Waals surface area contributed by atoms with Gasteiger partial charge in [-0.05, 0) is 83.5 Å². The van der Waals surface area contributed by atoms with E-state index in [0.29, 0.717) is 6.42 Å². The Morgan fingerprint density at radius 3 is 1.11 bits per heavy atom. The van der Waals surface area contributed by atoms with E-state index in [2.05, 4.69) is 104 Å². The summed E-state index contributed by atoms with van der Waals surface area (Å²) in [6.07, 6.45) is 79.8. The van der Waals surface area contributed by atoms with E-state index < -0.39 is 12.1 Å². The largest absolute Gasteiger partial charge is 0.394 e. The zero-order chi connectivity index (χ0) is 45.6. The number of hydrogen-bond donors (Lipinski definition) is 3. The molecule has 0 fully saturated rings. The van der Waals surface area contributed by atoms with Crippen LogP contribution in [0.4, 0.5) is 0 Å². The molecule has 2 atom stereocenters. The van der Waals surface area contributed by atoms with Crippen molar-refractivity contribution in [2.45, 2.75) is 264 Å². The lowest BCUT2D eigenvalue weighted by molar-refractivity contribution is -0.123. The van der Waals surface area contributed by atoms with E-state index >= 15 is 0 Å². The molecule has 1 amide bonds. The molecule has 0 aliphatic rings. The standard InChI is InChI=1S/C59H103NO3/c1-3-5-7-9-11-13-15-17-19-21-23-25-27-29-31-32-34-36-38-40-42-44-46-48-50-52-54-58(62)57(56-61)60-59(63)55-53-51-49-47-45-43-41-39-37-35-33-30-28-26-24-22-20-18-16-14-12-10-8-6-4-2/h6,8,12,14,18,20,24,26,30,33,37,39,44,46,52,54,57-58,61-62H,3-5,7,9-11,13,15-17,19,21-23,25,27-29,31-32,34-36,38,40-43,45,47-51,53,55-56H2,1-2H3,(H,60,63)/b8-6-,14-12-,20-18-,26-24-,33-30-,39-37-,46-44+,54-52+. The van der Waals surface area contributed by atoms with Gasteiger partial charge in [0.05, 0.1) is 18.8 Å². The topological polar surface area (TPSA) is 69.6 Å². The molecular formula is C59H103NO3. The Hall–Kier alpha value is -2.69. The fourth-order valence-electron chi connectivity index (χ4n) is 7.73. The average molecular weight is 874 g/mol. The summed E-state index contributed by atoms with van der Waals surface area (Å²) in [6.45, 7) is 4.19. The minimum atomic E-state index is -0.876. The highest BCUT2D eigenvalue weighted by Crippen LogP contribution is 2.16. The number of carbonyl (C=O) groups excluding carboxylic acids is 1. The molecule has 0 saturated heterocycles. The third kappa shape index (κ3) is 50.2. The molecule has 4 heteroatoms. The molecule has 0 aliphatic carbocycles. The summed E-state index contributed by atoms with van der Waals surface area (Å²) in [5.74, 6) is -0.0906. The van der Waals surface area contributed by atoms with Crippen LogP contribution < -0.4 is 5.32 Å². The summed E-state index contributed by atoms with van der Waals surface area (Å²) in [7, 11) is 0. The maximum absolute atomic E-state index is 12.5. The zero-order valence-corrected chi connectivity index (χ0v) is 41.6. The maximum Gasteiger partial charge on any atom is 0.220 e. The lowest BCUT2D eigenvalue weighted by atomic mass is 10.0. The van der Waals surface area contributed by atoms with E-state index in [-0.39, 0.29) is 12.5 Å². The Balaban J connectivity index is 3.63. The second kappa shape index (κ2) is 53.6. The molecule has 0 aromatic rings. The highest BCUT2D eigenvalue weighted by Gasteiger charge is 2.17. The zero-order valence-electron chi connectivity index (χ0n) is 41.6. The molecule has 0 bridgehead atoms. The normalized spacial score (nSPS) is 13.7. The van der Waals surface area contributed by atoms with Crippen molar-refractivity contribution < 1.29 is 15.0 Å². The number of rotatable bonds is 48. The average Bonchev–Trinajstić information content (AvgIpc) is 3.29. The number of aliphatic hydroxyl groups excluding tert-OH is 2. The summed E-state index contributed by atoms with van der Waals surface area (Å²) >= 11 is 0. The Morgan fingerprint density at radius 1 is 0.397 bits per heavy atom. The summed E-state index contributed by atoms with van der Waals surface area (Å²) in [6, 6.07) is -0.655. The van der Waals surface area contributed by atoms with Crippen LogP contribution in [0.2, 0.25) is 0 Å². The number of aliphatic hydroxyl groups is 2. The SMILES string of the molecule is CC/C=C\C/C=C\C/C=C\C/C=C\C/C=C\C/C=C\CCCCCCCCC(=O)NC(CO)C(O)/C=C/CC/C=C/CCCCCCCCCCCCCCCCCCCCCC. The highest BCUT2D eigenvalue weighted by molar-refractivity contribution is 5.76. The van der Waals surface area contributed by atoms with Crippen molar-refractivity contribution in [2.75, 3.05) is 6.61 Å². The molecule has 362 valence electrons. The molecule has 0 radical (unpaired) electrons. The minimum absolute atomic E-state index is 0.0906. The second-order valence-electron chi connectivity index (χ2n) is 17.9. The van der Waals surface area contributed by atoms with Crippen molar-refractivity contribution in [1.82, 2.24) is 5.32 Å². The molecule has 4 nitrogen and oxygen atoms in total. The third-order valence-electron chi connectivity index (χ3n) is 11.8. The minimum Gasteiger partial charge on any atom is -0.394 e. The van der Waals surface area contributed by atoms with Gasteiger partial charge in [0, 0.05) is 6.42 Å². The number of carbonyl (C=O) groups is 1. The van der Waals surface area contributed by atoms with Gasteiger partial charge in [-0.25, -0.2) is 0 Å². The Kier molecular flexibility index (Phi) is 51.4. The van der Waals surface area contributed by atoms with Crippen molar-refractivity contribution >= 4 is 5.91 Å². The first-order valence-electron chi connectivity index (χ1n) is 27.0. The second-order valence-corrected chi connectivity index (χ2v) is 17.9. The summed E-state index contributed by atoms with van der Waals surface area (Å²) in [5.41, 5.74) is 0. The number of allylic oxidation sites excluding steroid dienone is 15. The Labute approximate surface area is 392 Å². The van der Waals surface area contributed by atoms with Gasteiger partial charge in [-0.2, -0.15) is 0 Å². The highest BCUT2D eigenvalue weighted by atomic mass is 16.3. The van der Waals surface area contributed by atoms with Gasteiger partial charge in [0.25, 0.3) is 0 Å². The van der Waals surface area contributed by atoms with Gasteiger partial charge in [0.2, 0.25) is 5.91 Å². The summed E-state index contributed by atoms with van der Waals surface area (Å²) < 4.78 is 0. The molecule has 0 aromatic carbocycles. The van der Waals surface area contributed by atoms with Gasteiger partial charge in [-0.3, -0.25) is 4.79 Å². The fraction of sp³-hybridized carbons (Fsp3) is 0.712. The molecule has 3 N–H and O–H groups in total. The van der Waals surface area contributed by atoms with Crippen LogP contribution in [-0.4, -0.2) is 34.9 Å². The molecule has 0 spiro atoms. The molecular weight excluding hydrogens is 771 g/mol. The molecule has 63 heavy (non-hydrogen) atoms. The van der Waals surface area contributed by atoms with E-state index in [1.54, 1.807) is 6.08 Å². The lowest BCUT2D eigenvalue weighted by Gasteiger charge is -2.19. The first kappa shape index (κ1) is 60.3. The van der Waals surface area contributed by atoms with E-state index in [9.17, 15) is 15.0 Å². The number of amides is 1. The van der Waals surface area contributed by atoms with Gasteiger partial charge in [-0.1, -0.05) is 259 Å². The van der Waals surface area contributed by atoms with Crippen LogP contribution in [0.25, 0.3) is 0 Å². The lowest BCUT2D eigenvalue weighted by Crippen LogP contribution is -2.45. The molecule has 0 heterocycles. The van der Waals surface area contributed by atoms with Crippen molar-refractivity contribution in [3.63, 3.8) is 0 Å². The van der Waals surface area contributed by atoms with Crippen molar-refractivity contribution in [3.8, 4) is 0 Å². The first-order chi connectivity index (χ1) is 31.2. The van der Waals surface area contributed by atoms with Gasteiger partial charge < -0.3 is 15.5 Å². The van der Waals surface area contributed by atoms with Crippen LogP contribution in [0.1, 0.15) is 251 Å². The van der Waals surface area contributed by atoms with E-state index in [1.807, 2.05) is 6.08 Å². The molecule has 0 rings (SSSR count). The smallest absolute Gasteiger partial charge is 0.220 e. The number of nitrogens with one attached hydrogen (secondary N) is 1. The van der Waals surface area contributed by atoms with Crippen molar-refractivity contribution in [1.29, 1.82) is 0 Å². The maximum atomic E-state index is 12.5. The van der Waals surface area contributed by atoms with Crippen LogP contribution in [0.15, 0.2) is 97.2 Å². The number of hydrogen-bond acceptors (Lipinski definition) is 3. The van der Waals surface area contributed by atoms with Gasteiger partial charge in [-0.15, -0.1) is 0 Å². The van der Waals surface area contributed by atoms with E-state index in [1.165, 1.54) is 148 Å². The van der Waals surface area contributed by atoms with Crippen LogP contribution in [0.3, 0.4) is 0 Å². The quantitative estimate of drug-likeness (QED) is 0.0421. The van der Waals surface area contributed by atoms with E-state index in [0.717, 1.165) is 83.5 Å². The van der Waals surface area contributed by atoms with Gasteiger partial charge in [0.1, 0.15) is 0 Å². The predicted octanol–water partition coefficient (Wildman–Crippen LogP) is 17.7. The molecule has 2 unspecified atom stereocenters. The van der Waals surface area contributed by atoms with Crippen molar-refractivity contribution in [3.05, 3.63) is 97.2 Å². The van der Waals surface area contributed by atoms with Gasteiger partial charge in [0.15, 0.2) is 0 Å². The van der Waals surface area contributed by atoms with Crippen LogP contribution >= 0.6 is 0 Å².